The molecule has 27 heavy (non-hydrogen) atoms. The molecular formula is C22H20N2O2S. The number of aryl methyl sites for hydroxylation is 1. The Hall–Kier alpha value is -2.92. The van der Waals surface area contributed by atoms with Crippen LogP contribution in [0.15, 0.2) is 54.6 Å². The SMILES string of the molecule is CCOc1ccc2ccccc2c1C(=O)Nc1nc2c(CC)cccc2s1. The first-order chi connectivity index (χ1) is 13.2. The summed E-state index contributed by atoms with van der Waals surface area (Å²) in [7, 11) is 0. The highest BCUT2D eigenvalue weighted by Gasteiger charge is 2.18. The lowest BCUT2D eigenvalue weighted by Gasteiger charge is -2.12. The van der Waals surface area contributed by atoms with Crippen LogP contribution in [0.1, 0.15) is 29.8 Å². The highest BCUT2D eigenvalue weighted by molar-refractivity contribution is 7.22. The zero-order valence-corrected chi connectivity index (χ0v) is 16.1. The number of aromatic nitrogens is 1. The minimum atomic E-state index is -0.202. The fourth-order valence-electron chi connectivity index (χ4n) is 3.27. The van der Waals surface area contributed by atoms with Gasteiger partial charge in [0.15, 0.2) is 5.13 Å². The molecule has 0 fully saturated rings. The minimum absolute atomic E-state index is 0.202. The molecule has 4 aromatic rings. The Morgan fingerprint density at radius 2 is 1.93 bits per heavy atom. The molecular weight excluding hydrogens is 356 g/mol. The van der Waals surface area contributed by atoms with E-state index in [-0.39, 0.29) is 5.91 Å². The molecule has 0 atom stereocenters. The van der Waals surface area contributed by atoms with Crippen LogP contribution in [-0.4, -0.2) is 17.5 Å². The highest BCUT2D eigenvalue weighted by atomic mass is 32.1. The quantitative estimate of drug-likeness (QED) is 0.489. The monoisotopic (exact) mass is 376 g/mol. The predicted octanol–water partition coefficient (Wildman–Crippen LogP) is 5.66. The average Bonchev–Trinajstić information content (AvgIpc) is 3.10. The number of fused-ring (bicyclic) bond motifs is 2. The van der Waals surface area contributed by atoms with E-state index in [9.17, 15) is 4.79 Å². The molecule has 1 amide bonds. The van der Waals surface area contributed by atoms with Gasteiger partial charge in [0.1, 0.15) is 5.75 Å². The first kappa shape index (κ1) is 17.5. The number of benzene rings is 3. The zero-order chi connectivity index (χ0) is 18.8. The second kappa shape index (κ2) is 7.37. The van der Waals surface area contributed by atoms with Crippen molar-refractivity contribution in [3.63, 3.8) is 0 Å². The second-order valence-corrected chi connectivity index (χ2v) is 7.21. The van der Waals surface area contributed by atoms with Crippen molar-refractivity contribution < 1.29 is 9.53 Å². The van der Waals surface area contributed by atoms with Gasteiger partial charge in [-0.3, -0.25) is 10.1 Å². The van der Waals surface area contributed by atoms with E-state index in [1.54, 1.807) is 0 Å². The van der Waals surface area contributed by atoms with Crippen molar-refractivity contribution in [2.45, 2.75) is 20.3 Å². The largest absolute Gasteiger partial charge is 0.493 e. The molecule has 0 saturated heterocycles. The Morgan fingerprint density at radius 1 is 1.07 bits per heavy atom. The number of nitrogens with one attached hydrogen (secondary N) is 1. The molecule has 0 radical (unpaired) electrons. The summed E-state index contributed by atoms with van der Waals surface area (Å²) in [6.07, 6.45) is 0.909. The molecule has 0 saturated carbocycles. The van der Waals surface area contributed by atoms with Crippen molar-refractivity contribution in [2.75, 3.05) is 11.9 Å². The van der Waals surface area contributed by atoms with Crippen LogP contribution in [0.5, 0.6) is 5.75 Å². The molecule has 3 aromatic carbocycles. The Balaban J connectivity index is 1.76. The number of carbonyl (C=O) groups is 1. The first-order valence-electron chi connectivity index (χ1n) is 9.05. The number of ether oxygens (including phenoxy) is 1. The maximum atomic E-state index is 13.1. The standard InChI is InChI=1S/C22H20N2O2S/c1-3-14-9-7-11-18-20(14)23-22(27-18)24-21(25)19-16-10-6-5-8-15(16)12-13-17(19)26-4-2/h5-13H,3-4H2,1-2H3,(H,23,24,25). The molecule has 0 aliphatic heterocycles. The van der Waals surface area contributed by atoms with E-state index >= 15 is 0 Å². The van der Waals surface area contributed by atoms with Gasteiger partial charge in [-0.25, -0.2) is 4.98 Å². The number of para-hydroxylation sites is 1. The van der Waals surface area contributed by atoms with Crippen LogP contribution in [0.3, 0.4) is 0 Å². The molecule has 0 aliphatic carbocycles. The Kier molecular flexibility index (Phi) is 4.77. The van der Waals surface area contributed by atoms with E-state index < -0.39 is 0 Å². The van der Waals surface area contributed by atoms with Gasteiger partial charge >= 0.3 is 0 Å². The maximum Gasteiger partial charge on any atom is 0.261 e. The van der Waals surface area contributed by atoms with Crippen molar-refractivity contribution in [2.24, 2.45) is 0 Å². The lowest BCUT2D eigenvalue weighted by Crippen LogP contribution is -2.14. The van der Waals surface area contributed by atoms with Gasteiger partial charge in [-0.1, -0.05) is 60.7 Å². The molecule has 0 unspecified atom stereocenters. The molecule has 0 bridgehead atoms. The van der Waals surface area contributed by atoms with E-state index in [1.165, 1.54) is 16.9 Å². The molecule has 136 valence electrons. The molecule has 0 aliphatic rings. The van der Waals surface area contributed by atoms with Gasteiger partial charge in [0.25, 0.3) is 5.91 Å². The molecule has 4 rings (SSSR count). The average molecular weight is 376 g/mol. The van der Waals surface area contributed by atoms with Crippen molar-refractivity contribution in [3.8, 4) is 5.75 Å². The second-order valence-electron chi connectivity index (χ2n) is 6.18. The number of hydrogen-bond acceptors (Lipinski definition) is 4. The Bertz CT molecular complexity index is 1130. The summed E-state index contributed by atoms with van der Waals surface area (Å²) in [6, 6.07) is 17.8. The van der Waals surface area contributed by atoms with E-state index in [4.69, 9.17) is 4.74 Å². The van der Waals surface area contributed by atoms with Gasteiger partial charge in [-0.2, -0.15) is 0 Å². The molecule has 5 heteroatoms. The van der Waals surface area contributed by atoms with E-state index in [0.29, 0.717) is 23.1 Å². The van der Waals surface area contributed by atoms with Crippen LogP contribution in [0, 0.1) is 0 Å². The predicted molar refractivity (Wildman–Crippen MR) is 112 cm³/mol. The molecule has 4 nitrogen and oxygen atoms in total. The highest BCUT2D eigenvalue weighted by Crippen LogP contribution is 2.32. The number of nitrogens with zero attached hydrogens (tertiary/aromatic N) is 1. The van der Waals surface area contributed by atoms with E-state index in [2.05, 4.69) is 23.3 Å². The zero-order valence-electron chi connectivity index (χ0n) is 15.3. The number of amides is 1. The van der Waals surface area contributed by atoms with Crippen molar-refractivity contribution in [1.82, 2.24) is 4.98 Å². The van der Waals surface area contributed by atoms with Crippen LogP contribution in [0.2, 0.25) is 0 Å². The molecule has 1 aromatic heterocycles. The van der Waals surface area contributed by atoms with Crippen molar-refractivity contribution in [1.29, 1.82) is 0 Å². The molecule has 1 N–H and O–H groups in total. The van der Waals surface area contributed by atoms with Crippen LogP contribution in [0.4, 0.5) is 5.13 Å². The van der Waals surface area contributed by atoms with Crippen molar-refractivity contribution >= 4 is 43.4 Å². The summed E-state index contributed by atoms with van der Waals surface area (Å²) in [5, 5.41) is 5.46. The normalized spacial score (nSPS) is 11.0. The molecule has 0 spiro atoms. The van der Waals surface area contributed by atoms with Crippen LogP contribution in [0.25, 0.3) is 21.0 Å². The fraction of sp³-hybridized carbons (Fsp3) is 0.182. The van der Waals surface area contributed by atoms with Gasteiger partial charge in [-0.05, 0) is 41.8 Å². The summed E-state index contributed by atoms with van der Waals surface area (Å²) in [6.45, 7) is 4.52. The third kappa shape index (κ3) is 3.26. The van der Waals surface area contributed by atoms with Gasteiger partial charge in [0.05, 0.1) is 22.4 Å². The summed E-state index contributed by atoms with van der Waals surface area (Å²) in [5.74, 6) is 0.386. The fourth-order valence-corrected chi connectivity index (χ4v) is 4.17. The summed E-state index contributed by atoms with van der Waals surface area (Å²) in [5.41, 5.74) is 2.69. The summed E-state index contributed by atoms with van der Waals surface area (Å²) >= 11 is 1.49. The van der Waals surface area contributed by atoms with Crippen LogP contribution < -0.4 is 10.1 Å². The number of thiazole rings is 1. The van der Waals surface area contributed by atoms with Gasteiger partial charge in [0, 0.05) is 0 Å². The summed E-state index contributed by atoms with van der Waals surface area (Å²) < 4.78 is 6.80. The minimum Gasteiger partial charge on any atom is -0.493 e. The number of anilines is 1. The maximum absolute atomic E-state index is 13.1. The lowest BCUT2D eigenvalue weighted by molar-refractivity contribution is 0.102. The first-order valence-corrected chi connectivity index (χ1v) is 9.87. The topological polar surface area (TPSA) is 51.2 Å². The number of carbonyl (C=O) groups excluding carboxylic acids is 1. The van der Waals surface area contributed by atoms with Crippen molar-refractivity contribution in [3.05, 3.63) is 65.7 Å². The lowest BCUT2D eigenvalue weighted by atomic mass is 10.0. The van der Waals surface area contributed by atoms with Crippen LogP contribution in [-0.2, 0) is 6.42 Å². The van der Waals surface area contributed by atoms with E-state index in [0.717, 1.165) is 27.4 Å². The van der Waals surface area contributed by atoms with Crippen LogP contribution >= 0.6 is 11.3 Å². The third-order valence-corrected chi connectivity index (χ3v) is 5.46. The number of rotatable bonds is 5. The van der Waals surface area contributed by atoms with Gasteiger partial charge < -0.3 is 4.74 Å². The smallest absolute Gasteiger partial charge is 0.261 e. The molecule has 1 heterocycles. The van der Waals surface area contributed by atoms with Gasteiger partial charge in [0.2, 0.25) is 0 Å². The Morgan fingerprint density at radius 3 is 2.74 bits per heavy atom. The van der Waals surface area contributed by atoms with E-state index in [1.807, 2.05) is 55.5 Å². The number of hydrogen-bond donors (Lipinski definition) is 1. The Labute approximate surface area is 161 Å². The summed E-state index contributed by atoms with van der Waals surface area (Å²) in [4.78, 5) is 17.8. The third-order valence-electron chi connectivity index (χ3n) is 4.52. The van der Waals surface area contributed by atoms with Gasteiger partial charge in [-0.15, -0.1) is 0 Å².